The van der Waals surface area contributed by atoms with Crippen molar-refractivity contribution < 1.29 is 14.3 Å². The van der Waals surface area contributed by atoms with Crippen LogP contribution in [-0.4, -0.2) is 39.8 Å². The molecule has 0 fully saturated rings. The van der Waals surface area contributed by atoms with Crippen LogP contribution in [-0.2, 0) is 0 Å². The van der Waals surface area contributed by atoms with Crippen LogP contribution >= 0.6 is 11.6 Å². The zero-order valence-corrected chi connectivity index (χ0v) is 15.2. The third-order valence-electron chi connectivity index (χ3n) is 4.37. The molecule has 1 aliphatic heterocycles. The molecule has 2 heterocycles. The highest BCUT2D eigenvalue weighted by molar-refractivity contribution is 6.33. The van der Waals surface area contributed by atoms with Crippen LogP contribution in [0.3, 0.4) is 0 Å². The second-order valence-corrected chi connectivity index (χ2v) is 6.37. The van der Waals surface area contributed by atoms with Gasteiger partial charge >= 0.3 is 0 Å². The van der Waals surface area contributed by atoms with Crippen LogP contribution < -0.4 is 14.8 Å². The van der Waals surface area contributed by atoms with Crippen molar-refractivity contribution in [2.75, 3.05) is 13.7 Å². The zero-order valence-electron chi connectivity index (χ0n) is 14.4. The molecule has 8 nitrogen and oxygen atoms in total. The Morgan fingerprint density at radius 1 is 1.37 bits per heavy atom. The lowest BCUT2D eigenvalue weighted by Crippen LogP contribution is -2.32. The lowest BCUT2D eigenvalue weighted by molar-refractivity contribution is 0.0921. The van der Waals surface area contributed by atoms with Crippen molar-refractivity contribution >= 4 is 17.5 Å². The molecule has 1 amide bonds. The highest BCUT2D eigenvalue weighted by Gasteiger charge is 2.25. The van der Waals surface area contributed by atoms with Crippen molar-refractivity contribution in [3.05, 3.63) is 58.9 Å². The van der Waals surface area contributed by atoms with Gasteiger partial charge in [-0.05, 0) is 22.6 Å². The monoisotopic (exact) mass is 385 g/mol. The number of carbonyl (C=O) groups excluding carboxylic acids is 1. The summed E-state index contributed by atoms with van der Waals surface area (Å²) >= 11 is 6.35. The van der Waals surface area contributed by atoms with Gasteiger partial charge in [-0.15, -0.1) is 5.10 Å². The molecule has 27 heavy (non-hydrogen) atoms. The Hall–Kier alpha value is -3.13. The topological polar surface area (TPSA) is 91.2 Å². The highest BCUT2D eigenvalue weighted by atomic mass is 35.5. The van der Waals surface area contributed by atoms with Crippen molar-refractivity contribution in [2.45, 2.75) is 12.5 Å². The number of nitrogens with zero attached hydrogens (tertiary/aromatic N) is 4. The van der Waals surface area contributed by atoms with Gasteiger partial charge < -0.3 is 14.8 Å². The number of methoxy groups -OCH3 is 1. The van der Waals surface area contributed by atoms with Gasteiger partial charge in [0.1, 0.15) is 17.8 Å². The molecule has 0 unspecified atom stereocenters. The summed E-state index contributed by atoms with van der Waals surface area (Å²) in [5, 5.41) is 14.4. The summed E-state index contributed by atoms with van der Waals surface area (Å²) in [5.41, 5.74) is 1.81. The molecular formula is C18H16ClN5O3. The number of rotatable bonds is 4. The second-order valence-electron chi connectivity index (χ2n) is 5.96. The molecule has 2 aromatic carbocycles. The summed E-state index contributed by atoms with van der Waals surface area (Å²) in [6.07, 6.45) is 2.10. The first kappa shape index (κ1) is 17.3. The van der Waals surface area contributed by atoms with E-state index in [1.165, 1.54) is 18.1 Å². The largest absolute Gasteiger partial charge is 0.496 e. The van der Waals surface area contributed by atoms with Gasteiger partial charge in [-0.25, -0.2) is 0 Å². The average molecular weight is 386 g/mol. The number of benzene rings is 2. The van der Waals surface area contributed by atoms with E-state index < -0.39 is 0 Å². The van der Waals surface area contributed by atoms with E-state index in [0.29, 0.717) is 35.1 Å². The van der Waals surface area contributed by atoms with E-state index in [1.807, 2.05) is 24.3 Å². The fourth-order valence-corrected chi connectivity index (χ4v) is 3.31. The normalized spacial score (nSPS) is 15.6. The summed E-state index contributed by atoms with van der Waals surface area (Å²) in [5.74, 6) is 0.884. The summed E-state index contributed by atoms with van der Waals surface area (Å²) in [6, 6.07) is 10.7. The quantitative estimate of drug-likeness (QED) is 0.742. The van der Waals surface area contributed by atoms with Crippen molar-refractivity contribution in [3.63, 3.8) is 0 Å². The van der Waals surface area contributed by atoms with Gasteiger partial charge in [0.2, 0.25) is 0 Å². The second kappa shape index (κ2) is 7.24. The van der Waals surface area contributed by atoms with Gasteiger partial charge in [0.15, 0.2) is 0 Å². The number of amides is 1. The van der Waals surface area contributed by atoms with Crippen LogP contribution in [0.4, 0.5) is 0 Å². The molecule has 1 N–H and O–H groups in total. The zero-order chi connectivity index (χ0) is 18.8. The van der Waals surface area contributed by atoms with Gasteiger partial charge in [-0.1, -0.05) is 29.8 Å². The number of fused-ring (bicyclic) bond motifs is 1. The van der Waals surface area contributed by atoms with Crippen LogP contribution in [0.2, 0.25) is 5.02 Å². The van der Waals surface area contributed by atoms with E-state index >= 15 is 0 Å². The maximum absolute atomic E-state index is 12.9. The minimum absolute atomic E-state index is 0.148. The Labute approximate surface area is 160 Å². The highest BCUT2D eigenvalue weighted by Crippen LogP contribution is 2.33. The molecule has 1 atom stereocenters. The number of aromatic nitrogens is 4. The number of hydrogen-bond donors (Lipinski definition) is 1. The predicted molar refractivity (Wildman–Crippen MR) is 97.5 cm³/mol. The first-order valence-electron chi connectivity index (χ1n) is 8.31. The molecule has 0 saturated carbocycles. The molecule has 9 heteroatoms. The van der Waals surface area contributed by atoms with E-state index in [2.05, 4.69) is 20.8 Å². The van der Waals surface area contributed by atoms with E-state index in [0.717, 1.165) is 11.3 Å². The summed E-state index contributed by atoms with van der Waals surface area (Å²) in [7, 11) is 1.49. The van der Waals surface area contributed by atoms with Gasteiger partial charge in [-0.2, -0.15) is 4.68 Å². The Kier molecular flexibility index (Phi) is 4.64. The molecule has 1 aliphatic rings. The number of tetrazole rings is 1. The third-order valence-corrected chi connectivity index (χ3v) is 4.68. The van der Waals surface area contributed by atoms with Gasteiger partial charge in [0.05, 0.1) is 36.0 Å². The maximum atomic E-state index is 12.9. The number of hydrogen-bond acceptors (Lipinski definition) is 6. The van der Waals surface area contributed by atoms with E-state index in [1.54, 1.807) is 12.1 Å². The standard InChI is InChI=1S/C18H16ClN5O3/c1-26-17-9-15(24-10-20-22-23-24)13(19)8-12(17)18(25)21-14-6-7-27-16-5-3-2-4-11(14)16/h2-5,8-10,14H,6-7H2,1H3,(H,21,25)/t14-/m0/s1. The number of carbonyl (C=O) groups is 1. The van der Waals surface area contributed by atoms with E-state index in [-0.39, 0.29) is 11.9 Å². The van der Waals surface area contributed by atoms with E-state index in [4.69, 9.17) is 21.1 Å². The summed E-state index contributed by atoms with van der Waals surface area (Å²) in [6.45, 7) is 0.540. The summed E-state index contributed by atoms with van der Waals surface area (Å²) < 4.78 is 12.4. The molecule has 0 saturated heterocycles. The first-order valence-corrected chi connectivity index (χ1v) is 8.68. The molecule has 3 aromatic rings. The summed E-state index contributed by atoms with van der Waals surface area (Å²) in [4.78, 5) is 12.9. The minimum Gasteiger partial charge on any atom is -0.496 e. The molecule has 0 spiro atoms. The molecule has 0 bridgehead atoms. The molecule has 0 radical (unpaired) electrons. The lowest BCUT2D eigenvalue weighted by atomic mass is 10.00. The average Bonchev–Trinajstić information content (AvgIpc) is 3.22. The Morgan fingerprint density at radius 2 is 2.22 bits per heavy atom. The van der Waals surface area contributed by atoms with Crippen molar-refractivity contribution in [2.24, 2.45) is 0 Å². The van der Waals surface area contributed by atoms with Gasteiger partial charge in [-0.3, -0.25) is 4.79 Å². The number of ether oxygens (including phenoxy) is 2. The molecule has 138 valence electrons. The first-order chi connectivity index (χ1) is 13.2. The fraction of sp³-hybridized carbons (Fsp3) is 0.222. The minimum atomic E-state index is -0.279. The Bertz CT molecular complexity index is 977. The smallest absolute Gasteiger partial charge is 0.255 e. The molecule has 0 aliphatic carbocycles. The SMILES string of the molecule is COc1cc(-n2cnnn2)c(Cl)cc1C(=O)N[C@H]1CCOc2ccccc21. The molecule has 1 aromatic heterocycles. The van der Waals surface area contributed by atoms with Crippen LogP contribution in [0.15, 0.2) is 42.7 Å². The maximum Gasteiger partial charge on any atom is 0.255 e. The number of halogens is 1. The van der Waals surface area contributed by atoms with E-state index in [9.17, 15) is 4.79 Å². The molecule has 4 rings (SSSR count). The van der Waals surface area contributed by atoms with Gasteiger partial charge in [0, 0.05) is 18.1 Å². The van der Waals surface area contributed by atoms with Crippen molar-refractivity contribution in [1.29, 1.82) is 0 Å². The molecular weight excluding hydrogens is 370 g/mol. The van der Waals surface area contributed by atoms with Crippen LogP contribution in [0.1, 0.15) is 28.4 Å². The Morgan fingerprint density at radius 3 is 3.00 bits per heavy atom. The fourth-order valence-electron chi connectivity index (χ4n) is 3.06. The van der Waals surface area contributed by atoms with Crippen LogP contribution in [0.5, 0.6) is 11.5 Å². The third kappa shape index (κ3) is 3.31. The van der Waals surface area contributed by atoms with Crippen molar-refractivity contribution in [3.8, 4) is 17.2 Å². The van der Waals surface area contributed by atoms with Crippen LogP contribution in [0, 0.1) is 0 Å². The van der Waals surface area contributed by atoms with Gasteiger partial charge in [0.25, 0.3) is 5.91 Å². The lowest BCUT2D eigenvalue weighted by Gasteiger charge is -2.27. The number of nitrogens with one attached hydrogen (secondary N) is 1. The van der Waals surface area contributed by atoms with Crippen molar-refractivity contribution in [1.82, 2.24) is 25.5 Å². The number of para-hydroxylation sites is 1. The predicted octanol–water partition coefficient (Wildman–Crippen LogP) is 2.58. The van der Waals surface area contributed by atoms with Crippen LogP contribution in [0.25, 0.3) is 5.69 Å². The Balaban J connectivity index is 1.64.